The zero-order chi connectivity index (χ0) is 10.5. The summed E-state index contributed by atoms with van der Waals surface area (Å²) in [5.74, 6) is 3.26. The maximum atomic E-state index is 8.99. The van der Waals surface area contributed by atoms with E-state index in [4.69, 9.17) is 5.11 Å². The van der Waals surface area contributed by atoms with Crippen LogP contribution >= 0.6 is 11.8 Å². The first-order valence-electron chi connectivity index (χ1n) is 5.14. The number of aromatic nitrogens is 2. The van der Waals surface area contributed by atoms with E-state index in [1.807, 2.05) is 11.8 Å². The van der Waals surface area contributed by atoms with Crippen molar-refractivity contribution in [1.82, 2.24) is 9.97 Å². The van der Waals surface area contributed by atoms with Gasteiger partial charge in [0.05, 0.1) is 24.7 Å². The Hall–Kier alpha value is -0.810. The van der Waals surface area contributed by atoms with Crippen LogP contribution in [0.2, 0.25) is 0 Å². The van der Waals surface area contributed by atoms with Crippen molar-refractivity contribution in [3.05, 3.63) is 18.1 Å². The third-order valence-electron chi connectivity index (χ3n) is 2.38. The zero-order valence-corrected chi connectivity index (χ0v) is 9.41. The minimum Gasteiger partial charge on any atom is -0.390 e. The molecule has 0 radical (unpaired) electrons. The second-order valence-electron chi connectivity index (χ2n) is 3.48. The van der Waals surface area contributed by atoms with Gasteiger partial charge in [0.2, 0.25) is 0 Å². The number of thioether (sulfide) groups is 1. The predicted octanol–water partition coefficient (Wildman–Crippen LogP) is 0.912. The highest BCUT2D eigenvalue weighted by Crippen LogP contribution is 2.16. The topological polar surface area (TPSA) is 49.3 Å². The first kappa shape index (κ1) is 10.7. The number of aliphatic hydroxyl groups excluding tert-OH is 1. The van der Waals surface area contributed by atoms with E-state index in [9.17, 15) is 0 Å². The Morgan fingerprint density at radius 3 is 3.13 bits per heavy atom. The van der Waals surface area contributed by atoms with E-state index in [1.54, 1.807) is 12.4 Å². The van der Waals surface area contributed by atoms with Crippen LogP contribution in [-0.4, -0.2) is 39.7 Å². The van der Waals surface area contributed by atoms with Crippen molar-refractivity contribution in [2.75, 3.05) is 29.5 Å². The van der Waals surface area contributed by atoms with Crippen LogP contribution in [0.3, 0.4) is 0 Å². The molecular weight excluding hydrogens is 210 g/mol. The minimum atomic E-state index is -0.0383. The van der Waals surface area contributed by atoms with Crippen molar-refractivity contribution in [3.63, 3.8) is 0 Å². The first-order valence-corrected chi connectivity index (χ1v) is 6.30. The fourth-order valence-corrected chi connectivity index (χ4v) is 2.49. The van der Waals surface area contributed by atoms with Crippen LogP contribution in [0, 0.1) is 0 Å². The summed E-state index contributed by atoms with van der Waals surface area (Å²) < 4.78 is 0. The molecule has 0 unspecified atom stereocenters. The van der Waals surface area contributed by atoms with Gasteiger partial charge in [0.1, 0.15) is 5.82 Å². The highest BCUT2D eigenvalue weighted by molar-refractivity contribution is 7.99. The summed E-state index contributed by atoms with van der Waals surface area (Å²) in [5, 5.41) is 8.99. The number of rotatable bonds is 2. The van der Waals surface area contributed by atoms with Gasteiger partial charge < -0.3 is 10.0 Å². The summed E-state index contributed by atoms with van der Waals surface area (Å²) in [6.45, 7) is 2.02. The molecule has 0 amide bonds. The van der Waals surface area contributed by atoms with Crippen LogP contribution in [-0.2, 0) is 6.61 Å². The monoisotopic (exact) mass is 225 g/mol. The Kier molecular flexibility index (Phi) is 3.80. The molecule has 2 rings (SSSR count). The van der Waals surface area contributed by atoms with Crippen molar-refractivity contribution in [2.45, 2.75) is 13.0 Å². The number of nitrogens with zero attached hydrogens (tertiary/aromatic N) is 3. The van der Waals surface area contributed by atoms with Crippen molar-refractivity contribution in [3.8, 4) is 0 Å². The maximum Gasteiger partial charge on any atom is 0.147 e. The lowest BCUT2D eigenvalue weighted by Crippen LogP contribution is -2.26. The van der Waals surface area contributed by atoms with Gasteiger partial charge in [-0.3, -0.25) is 4.98 Å². The summed E-state index contributed by atoms with van der Waals surface area (Å²) in [5.41, 5.74) is 0.643. The van der Waals surface area contributed by atoms with Crippen molar-refractivity contribution < 1.29 is 5.11 Å². The second-order valence-corrected chi connectivity index (χ2v) is 4.70. The van der Waals surface area contributed by atoms with Gasteiger partial charge in [-0.2, -0.15) is 11.8 Å². The molecule has 1 aliphatic heterocycles. The molecule has 0 saturated carbocycles. The predicted molar refractivity (Wildman–Crippen MR) is 62.1 cm³/mol. The molecule has 0 atom stereocenters. The molecule has 1 aliphatic rings. The molecular formula is C10H15N3OS. The van der Waals surface area contributed by atoms with Crippen molar-refractivity contribution in [1.29, 1.82) is 0 Å². The molecule has 1 aromatic rings. The lowest BCUT2D eigenvalue weighted by molar-refractivity contribution is 0.276. The fraction of sp³-hybridized carbons (Fsp3) is 0.600. The van der Waals surface area contributed by atoms with Gasteiger partial charge in [-0.05, 0) is 12.2 Å². The quantitative estimate of drug-likeness (QED) is 0.811. The van der Waals surface area contributed by atoms with Gasteiger partial charge in [0.15, 0.2) is 0 Å². The molecule has 4 nitrogen and oxygen atoms in total. The van der Waals surface area contributed by atoms with Gasteiger partial charge >= 0.3 is 0 Å². The highest BCUT2D eigenvalue weighted by Gasteiger charge is 2.11. The average Bonchev–Trinajstić information content (AvgIpc) is 2.58. The summed E-state index contributed by atoms with van der Waals surface area (Å²) in [7, 11) is 0. The largest absolute Gasteiger partial charge is 0.390 e. The molecule has 5 heteroatoms. The van der Waals surface area contributed by atoms with E-state index in [1.165, 1.54) is 12.2 Å². The molecule has 1 saturated heterocycles. The van der Waals surface area contributed by atoms with E-state index >= 15 is 0 Å². The summed E-state index contributed by atoms with van der Waals surface area (Å²) >= 11 is 1.98. The van der Waals surface area contributed by atoms with Crippen LogP contribution in [0.15, 0.2) is 12.4 Å². The van der Waals surface area contributed by atoms with Gasteiger partial charge in [-0.15, -0.1) is 0 Å². The summed E-state index contributed by atoms with van der Waals surface area (Å²) in [4.78, 5) is 10.7. The smallest absolute Gasteiger partial charge is 0.147 e. The molecule has 0 aromatic carbocycles. The van der Waals surface area contributed by atoms with E-state index < -0.39 is 0 Å². The Bertz CT molecular complexity index is 313. The number of anilines is 1. The molecule has 1 aromatic heterocycles. The van der Waals surface area contributed by atoms with E-state index in [-0.39, 0.29) is 6.61 Å². The van der Waals surface area contributed by atoms with Crippen LogP contribution in [0.5, 0.6) is 0 Å². The third-order valence-corrected chi connectivity index (χ3v) is 3.43. The molecule has 15 heavy (non-hydrogen) atoms. The van der Waals surface area contributed by atoms with Crippen molar-refractivity contribution >= 4 is 17.6 Å². The summed E-state index contributed by atoms with van der Waals surface area (Å²) in [6.07, 6.45) is 4.57. The Balaban J connectivity index is 2.12. The number of hydrogen-bond acceptors (Lipinski definition) is 5. The fourth-order valence-electron chi connectivity index (χ4n) is 1.60. The maximum absolute atomic E-state index is 8.99. The average molecular weight is 225 g/mol. The van der Waals surface area contributed by atoms with Crippen LogP contribution in [0.1, 0.15) is 12.1 Å². The van der Waals surface area contributed by atoms with Gasteiger partial charge in [0.25, 0.3) is 0 Å². The molecule has 1 fully saturated rings. The minimum absolute atomic E-state index is 0.0383. The Morgan fingerprint density at radius 2 is 2.27 bits per heavy atom. The Morgan fingerprint density at radius 1 is 1.33 bits per heavy atom. The van der Waals surface area contributed by atoms with Gasteiger partial charge in [-0.1, -0.05) is 0 Å². The van der Waals surface area contributed by atoms with Crippen LogP contribution < -0.4 is 4.90 Å². The first-order chi connectivity index (χ1) is 7.40. The number of hydrogen-bond donors (Lipinski definition) is 1. The standard InChI is InChI=1S/C10H15N3OS/c14-8-9-6-11-7-10(12-9)13-2-1-4-15-5-3-13/h6-7,14H,1-5,8H2. The molecule has 0 spiro atoms. The second kappa shape index (κ2) is 5.32. The van der Waals surface area contributed by atoms with Gasteiger partial charge in [-0.25, -0.2) is 4.98 Å². The van der Waals surface area contributed by atoms with E-state index in [0.717, 1.165) is 24.7 Å². The summed E-state index contributed by atoms with van der Waals surface area (Å²) in [6, 6.07) is 0. The molecule has 82 valence electrons. The third kappa shape index (κ3) is 2.82. The van der Waals surface area contributed by atoms with Crippen LogP contribution in [0.4, 0.5) is 5.82 Å². The van der Waals surface area contributed by atoms with Gasteiger partial charge in [0, 0.05) is 18.8 Å². The SMILES string of the molecule is OCc1cncc(N2CCCSCC2)n1. The lowest BCUT2D eigenvalue weighted by atomic mass is 10.4. The van der Waals surface area contributed by atoms with Crippen LogP contribution in [0.25, 0.3) is 0 Å². The molecule has 1 N–H and O–H groups in total. The van der Waals surface area contributed by atoms with E-state index in [2.05, 4.69) is 14.9 Å². The normalized spacial score (nSPS) is 17.5. The van der Waals surface area contributed by atoms with E-state index in [0.29, 0.717) is 5.69 Å². The molecule has 2 heterocycles. The lowest BCUT2D eigenvalue weighted by Gasteiger charge is -2.20. The number of aliphatic hydroxyl groups is 1. The zero-order valence-electron chi connectivity index (χ0n) is 8.59. The molecule has 0 aliphatic carbocycles. The Labute approximate surface area is 93.7 Å². The highest BCUT2D eigenvalue weighted by atomic mass is 32.2. The van der Waals surface area contributed by atoms with Crippen molar-refractivity contribution in [2.24, 2.45) is 0 Å². The molecule has 0 bridgehead atoms.